The Hall–Kier alpha value is -1.57. The molecule has 1 heterocycles. The lowest BCUT2D eigenvalue weighted by Crippen LogP contribution is -2.36. The summed E-state index contributed by atoms with van der Waals surface area (Å²) in [6, 6.07) is 3.08. The van der Waals surface area contributed by atoms with E-state index >= 15 is 0 Å². The van der Waals surface area contributed by atoms with E-state index in [4.69, 9.17) is 0 Å². The van der Waals surface area contributed by atoms with E-state index in [0.717, 1.165) is 0 Å². The second-order valence-electron chi connectivity index (χ2n) is 4.21. The Morgan fingerprint density at radius 3 is 2.50 bits per heavy atom. The summed E-state index contributed by atoms with van der Waals surface area (Å²) in [5.41, 5.74) is 0. The highest BCUT2D eigenvalue weighted by molar-refractivity contribution is 5.79. The molecule has 0 radical (unpaired) electrons. The monoisotopic (exact) mass is 296 g/mol. The van der Waals surface area contributed by atoms with Gasteiger partial charge in [0.05, 0.1) is 6.61 Å². The first kappa shape index (κ1) is 16.5. The van der Waals surface area contributed by atoms with Crippen LogP contribution in [-0.2, 0) is 9.53 Å². The topological polar surface area (TPSA) is 43.3 Å². The van der Waals surface area contributed by atoms with E-state index in [-0.39, 0.29) is 19.1 Å². The lowest BCUT2D eigenvalue weighted by molar-refractivity contribution is -0.165. The van der Waals surface area contributed by atoms with Crippen LogP contribution in [0.1, 0.15) is 13.0 Å². The summed E-state index contributed by atoms with van der Waals surface area (Å²) in [5.74, 6) is -4.48. The molecule has 0 aliphatic carbocycles. The zero-order valence-electron chi connectivity index (χ0n) is 10.9. The highest BCUT2D eigenvalue weighted by Gasteiger charge is 2.40. The average molecular weight is 296 g/mol. The fraction of sp³-hybridized carbons (Fsp3) is 0.583. The van der Waals surface area contributed by atoms with Gasteiger partial charge in [-0.25, -0.2) is 8.78 Å². The number of halogens is 4. The van der Waals surface area contributed by atoms with Crippen LogP contribution in [0.4, 0.5) is 17.6 Å². The number of carbonyl (C=O) groups excluding carboxylic acids is 1. The Labute approximate surface area is 113 Å². The first-order valence-corrected chi connectivity index (χ1v) is 5.98. The van der Waals surface area contributed by atoms with Crippen LogP contribution in [0.5, 0.6) is 0 Å². The maximum atomic E-state index is 12.5. The van der Waals surface area contributed by atoms with Gasteiger partial charge in [-0.15, -0.1) is 0 Å². The molecule has 1 N–H and O–H groups in total. The maximum absolute atomic E-state index is 12.5. The number of hydrogen-bond acceptors (Lipinski definition) is 2. The molecule has 1 atom stereocenters. The van der Waals surface area contributed by atoms with Crippen molar-refractivity contribution in [1.82, 2.24) is 9.88 Å². The number of carbonyl (C=O) groups is 1. The molecule has 0 saturated heterocycles. The van der Waals surface area contributed by atoms with Crippen molar-refractivity contribution in [3.63, 3.8) is 0 Å². The number of aromatic nitrogens is 1. The van der Waals surface area contributed by atoms with E-state index < -0.39 is 25.0 Å². The van der Waals surface area contributed by atoms with Gasteiger partial charge in [-0.2, -0.15) is 8.78 Å². The molecule has 114 valence electrons. The van der Waals surface area contributed by atoms with Gasteiger partial charge in [-0.1, -0.05) is 0 Å². The summed E-state index contributed by atoms with van der Waals surface area (Å²) < 4.78 is 54.7. The van der Waals surface area contributed by atoms with Crippen molar-refractivity contribution in [2.45, 2.75) is 25.3 Å². The van der Waals surface area contributed by atoms with Gasteiger partial charge in [0.25, 0.3) is 0 Å². The second-order valence-corrected chi connectivity index (χ2v) is 4.21. The zero-order valence-corrected chi connectivity index (χ0v) is 10.9. The number of alkyl halides is 4. The van der Waals surface area contributed by atoms with E-state index in [1.54, 1.807) is 36.0 Å². The first-order chi connectivity index (χ1) is 9.34. The maximum Gasteiger partial charge on any atom is 0.330 e. The molecule has 0 bridgehead atoms. The van der Waals surface area contributed by atoms with Crippen molar-refractivity contribution in [3.05, 3.63) is 24.5 Å². The largest absolute Gasteiger partial charge is 0.373 e. The molecular weight excluding hydrogens is 280 g/mol. The smallest absolute Gasteiger partial charge is 0.330 e. The van der Waals surface area contributed by atoms with E-state index in [1.165, 1.54) is 0 Å². The standard InChI is InChI=1S/C12H16F4N2O2/c1-9(18-5-2-3-6-18)10(19)17-4-7-20-8-12(15,16)11(13)14/h2-3,5-6,9,11H,4,7-8H2,1H3,(H,17,19)/t9-/m0/s1. The molecule has 0 aliphatic heterocycles. The summed E-state index contributed by atoms with van der Waals surface area (Å²) >= 11 is 0. The van der Waals surface area contributed by atoms with Crippen LogP contribution in [0.15, 0.2) is 24.5 Å². The lowest BCUT2D eigenvalue weighted by Gasteiger charge is -2.16. The van der Waals surface area contributed by atoms with Gasteiger partial charge in [0, 0.05) is 18.9 Å². The number of hydrogen-bond donors (Lipinski definition) is 1. The molecular formula is C12H16F4N2O2. The Bertz CT molecular complexity index is 410. The summed E-state index contributed by atoms with van der Waals surface area (Å²) in [6.45, 7) is 0.0189. The molecule has 20 heavy (non-hydrogen) atoms. The molecule has 0 fully saturated rings. The molecule has 1 aromatic rings. The van der Waals surface area contributed by atoms with Gasteiger partial charge in [0.15, 0.2) is 0 Å². The molecule has 1 rings (SSSR count). The van der Waals surface area contributed by atoms with Crippen LogP contribution < -0.4 is 5.32 Å². The Kier molecular flexibility index (Phi) is 6.00. The van der Waals surface area contributed by atoms with Crippen molar-refractivity contribution in [1.29, 1.82) is 0 Å². The van der Waals surface area contributed by atoms with Crippen LogP contribution in [0.3, 0.4) is 0 Å². The van der Waals surface area contributed by atoms with Gasteiger partial charge in [0.1, 0.15) is 12.6 Å². The SMILES string of the molecule is C[C@@H](C(=O)NCCOCC(F)(F)C(F)F)n1cccc1. The molecule has 1 amide bonds. The Morgan fingerprint density at radius 1 is 1.35 bits per heavy atom. The molecule has 0 spiro atoms. The number of amides is 1. The van der Waals surface area contributed by atoms with Crippen molar-refractivity contribution < 1.29 is 27.1 Å². The number of nitrogens with zero attached hydrogens (tertiary/aromatic N) is 1. The fourth-order valence-electron chi connectivity index (χ4n) is 1.41. The minimum Gasteiger partial charge on any atom is -0.373 e. The van der Waals surface area contributed by atoms with Gasteiger partial charge < -0.3 is 14.6 Å². The van der Waals surface area contributed by atoms with Gasteiger partial charge in [-0.05, 0) is 19.1 Å². The van der Waals surface area contributed by atoms with Crippen molar-refractivity contribution >= 4 is 5.91 Å². The highest BCUT2D eigenvalue weighted by Crippen LogP contribution is 2.22. The molecule has 0 aromatic carbocycles. The fourth-order valence-corrected chi connectivity index (χ4v) is 1.41. The van der Waals surface area contributed by atoms with E-state index in [2.05, 4.69) is 10.1 Å². The first-order valence-electron chi connectivity index (χ1n) is 5.98. The predicted molar refractivity (Wildman–Crippen MR) is 63.9 cm³/mol. The van der Waals surface area contributed by atoms with Crippen LogP contribution in [-0.4, -0.2) is 42.6 Å². The minimum absolute atomic E-state index is 0.0240. The van der Waals surface area contributed by atoms with E-state index in [9.17, 15) is 22.4 Å². The average Bonchev–Trinajstić information content (AvgIpc) is 2.90. The highest BCUT2D eigenvalue weighted by atomic mass is 19.3. The van der Waals surface area contributed by atoms with Crippen molar-refractivity contribution in [3.8, 4) is 0 Å². The normalized spacial score (nSPS) is 13.5. The third-order valence-corrected chi connectivity index (χ3v) is 2.61. The summed E-state index contributed by atoms with van der Waals surface area (Å²) in [6.07, 6.45) is -0.334. The summed E-state index contributed by atoms with van der Waals surface area (Å²) in [4.78, 5) is 11.7. The minimum atomic E-state index is -4.16. The molecule has 4 nitrogen and oxygen atoms in total. The second kappa shape index (κ2) is 7.28. The molecule has 0 saturated carbocycles. The third-order valence-electron chi connectivity index (χ3n) is 2.61. The molecule has 0 aliphatic rings. The lowest BCUT2D eigenvalue weighted by atomic mass is 10.3. The van der Waals surface area contributed by atoms with Crippen molar-refractivity contribution in [2.24, 2.45) is 0 Å². The van der Waals surface area contributed by atoms with Crippen LogP contribution >= 0.6 is 0 Å². The predicted octanol–water partition coefficient (Wildman–Crippen LogP) is 2.08. The number of nitrogens with one attached hydrogen (secondary N) is 1. The van der Waals surface area contributed by atoms with Crippen LogP contribution in [0.2, 0.25) is 0 Å². The molecule has 0 unspecified atom stereocenters. The quantitative estimate of drug-likeness (QED) is 0.589. The summed E-state index contributed by atoms with van der Waals surface area (Å²) in [7, 11) is 0. The molecule has 1 aromatic heterocycles. The summed E-state index contributed by atoms with van der Waals surface area (Å²) in [5, 5.41) is 2.47. The Morgan fingerprint density at radius 2 is 1.95 bits per heavy atom. The van der Waals surface area contributed by atoms with Gasteiger partial charge >= 0.3 is 12.3 Å². The van der Waals surface area contributed by atoms with E-state index in [1.807, 2.05) is 0 Å². The van der Waals surface area contributed by atoms with Crippen LogP contribution in [0.25, 0.3) is 0 Å². The number of rotatable bonds is 8. The number of ether oxygens (including phenoxy) is 1. The van der Waals surface area contributed by atoms with Crippen LogP contribution in [0, 0.1) is 0 Å². The van der Waals surface area contributed by atoms with Crippen molar-refractivity contribution in [2.75, 3.05) is 19.8 Å². The zero-order chi connectivity index (χ0) is 15.2. The van der Waals surface area contributed by atoms with Gasteiger partial charge in [-0.3, -0.25) is 4.79 Å². The third kappa shape index (κ3) is 4.84. The van der Waals surface area contributed by atoms with E-state index in [0.29, 0.717) is 0 Å². The molecule has 8 heteroatoms. The Balaban J connectivity index is 2.20. The van der Waals surface area contributed by atoms with Gasteiger partial charge in [0.2, 0.25) is 5.91 Å².